The fourth-order valence-corrected chi connectivity index (χ4v) is 7.20. The molecule has 5 aromatic carbocycles. The molecule has 0 aliphatic carbocycles. The third kappa shape index (κ3) is 4.50. The van der Waals surface area contributed by atoms with Crippen LogP contribution in [0.5, 0.6) is 0 Å². The molecule has 0 aliphatic rings. The molecule has 50 heavy (non-hydrogen) atoms. The van der Waals surface area contributed by atoms with Crippen LogP contribution in [0.4, 0.5) is 0 Å². The SMILES string of the molecule is c1ccc(-n2c3ccccc3c3cc(-c4ccc5c(c4)c4ccccc4n5-c4nc(-c5ccccn5)cc(-c5ccccn5)n4)ccc32)cc1. The molecule has 10 rings (SSSR count). The zero-order chi connectivity index (χ0) is 33.0. The van der Waals surface area contributed by atoms with Crippen LogP contribution >= 0.6 is 0 Å². The van der Waals surface area contributed by atoms with Gasteiger partial charge in [0.25, 0.3) is 0 Å². The smallest absolute Gasteiger partial charge is 0.235 e. The zero-order valence-corrected chi connectivity index (χ0v) is 26.8. The second kappa shape index (κ2) is 11.4. The minimum atomic E-state index is 0.572. The van der Waals surface area contributed by atoms with Crippen molar-refractivity contribution in [3.63, 3.8) is 0 Å². The van der Waals surface area contributed by atoms with Crippen molar-refractivity contribution in [2.45, 2.75) is 0 Å². The van der Waals surface area contributed by atoms with Gasteiger partial charge in [0, 0.05) is 39.6 Å². The first-order valence-electron chi connectivity index (χ1n) is 16.6. The number of hydrogen-bond acceptors (Lipinski definition) is 4. The molecular weight excluding hydrogens is 613 g/mol. The van der Waals surface area contributed by atoms with Crippen LogP contribution in [-0.4, -0.2) is 29.1 Å². The Bertz CT molecular complexity index is 2800. The summed E-state index contributed by atoms with van der Waals surface area (Å²) in [5.74, 6) is 0.572. The summed E-state index contributed by atoms with van der Waals surface area (Å²) in [7, 11) is 0. The van der Waals surface area contributed by atoms with Crippen molar-refractivity contribution in [1.29, 1.82) is 0 Å². The van der Waals surface area contributed by atoms with Crippen molar-refractivity contribution in [1.82, 2.24) is 29.1 Å². The molecule has 0 atom stereocenters. The second-order valence-electron chi connectivity index (χ2n) is 12.4. The summed E-state index contributed by atoms with van der Waals surface area (Å²) in [6.45, 7) is 0. The van der Waals surface area contributed by atoms with Gasteiger partial charge in [-0.2, -0.15) is 0 Å². The van der Waals surface area contributed by atoms with Gasteiger partial charge < -0.3 is 4.57 Å². The molecule has 5 aromatic heterocycles. The number of benzene rings is 5. The third-order valence-corrected chi connectivity index (χ3v) is 9.46. The van der Waals surface area contributed by atoms with Gasteiger partial charge in [0.15, 0.2) is 0 Å². The van der Waals surface area contributed by atoms with E-state index in [1.54, 1.807) is 12.4 Å². The van der Waals surface area contributed by atoms with E-state index in [0.717, 1.165) is 61.4 Å². The van der Waals surface area contributed by atoms with E-state index in [1.807, 2.05) is 42.5 Å². The highest BCUT2D eigenvalue weighted by molar-refractivity contribution is 6.12. The third-order valence-electron chi connectivity index (χ3n) is 9.46. The van der Waals surface area contributed by atoms with Crippen molar-refractivity contribution in [2.75, 3.05) is 0 Å². The molecule has 6 nitrogen and oxygen atoms in total. The van der Waals surface area contributed by atoms with Crippen molar-refractivity contribution >= 4 is 43.6 Å². The Balaban J connectivity index is 1.17. The standard InChI is InChI=1S/C44H28N6/c1-2-12-31(13-3-1)49-40-18-6-4-14-32(40)34-26-29(20-22-42(34)49)30-21-23-43-35(27-30)33-15-5-7-19-41(33)50(43)44-47-38(36-16-8-10-24-45-36)28-39(48-44)37-17-9-11-25-46-37/h1-28H. The van der Waals surface area contributed by atoms with Gasteiger partial charge >= 0.3 is 0 Å². The fraction of sp³-hybridized carbons (Fsp3) is 0. The summed E-state index contributed by atoms with van der Waals surface area (Å²) in [4.78, 5) is 19.4. The Hall–Kier alpha value is -6.92. The van der Waals surface area contributed by atoms with Crippen molar-refractivity contribution in [2.24, 2.45) is 0 Å². The van der Waals surface area contributed by atoms with E-state index < -0.39 is 0 Å². The first kappa shape index (κ1) is 28.1. The average molecular weight is 641 g/mol. The molecule has 5 heterocycles. The van der Waals surface area contributed by atoms with Crippen LogP contribution in [0.3, 0.4) is 0 Å². The van der Waals surface area contributed by atoms with Gasteiger partial charge in [0.1, 0.15) is 0 Å². The van der Waals surface area contributed by atoms with E-state index >= 15 is 0 Å². The Kier molecular flexibility index (Phi) is 6.39. The van der Waals surface area contributed by atoms with Crippen molar-refractivity contribution < 1.29 is 0 Å². The summed E-state index contributed by atoms with van der Waals surface area (Å²) >= 11 is 0. The highest BCUT2D eigenvalue weighted by Crippen LogP contribution is 2.38. The molecule has 0 unspecified atom stereocenters. The lowest BCUT2D eigenvalue weighted by atomic mass is 10.0. The average Bonchev–Trinajstić information content (AvgIpc) is 3.71. The minimum Gasteiger partial charge on any atom is -0.309 e. The Morgan fingerprint density at radius 2 is 0.820 bits per heavy atom. The van der Waals surface area contributed by atoms with E-state index in [4.69, 9.17) is 9.97 Å². The number of fused-ring (bicyclic) bond motifs is 6. The molecule has 10 aromatic rings. The van der Waals surface area contributed by atoms with Crippen molar-refractivity contribution in [3.8, 4) is 45.5 Å². The summed E-state index contributed by atoms with van der Waals surface area (Å²) in [5.41, 5.74) is 10.9. The van der Waals surface area contributed by atoms with Gasteiger partial charge in [0.2, 0.25) is 5.95 Å². The Morgan fingerprint density at radius 3 is 1.38 bits per heavy atom. The first-order valence-corrected chi connectivity index (χ1v) is 16.6. The highest BCUT2D eigenvalue weighted by atomic mass is 15.2. The Labute approximate surface area is 287 Å². The minimum absolute atomic E-state index is 0.572. The van der Waals surface area contributed by atoms with Gasteiger partial charge in [-0.1, -0.05) is 78.9 Å². The van der Waals surface area contributed by atoms with Crippen LogP contribution in [0.25, 0.3) is 89.2 Å². The molecule has 0 fully saturated rings. The van der Waals surface area contributed by atoms with E-state index in [9.17, 15) is 0 Å². The molecule has 0 aliphatic heterocycles. The van der Waals surface area contributed by atoms with Crippen LogP contribution in [-0.2, 0) is 0 Å². The maximum Gasteiger partial charge on any atom is 0.235 e. The Morgan fingerprint density at radius 1 is 0.340 bits per heavy atom. The van der Waals surface area contributed by atoms with Crippen LogP contribution in [0.2, 0.25) is 0 Å². The molecule has 0 saturated carbocycles. The number of hydrogen-bond donors (Lipinski definition) is 0. The van der Waals surface area contributed by atoms with Gasteiger partial charge in [-0.15, -0.1) is 0 Å². The molecule has 0 N–H and O–H groups in total. The van der Waals surface area contributed by atoms with Crippen LogP contribution in [0, 0.1) is 0 Å². The predicted molar refractivity (Wildman–Crippen MR) is 203 cm³/mol. The lowest BCUT2D eigenvalue weighted by Gasteiger charge is -2.11. The van der Waals surface area contributed by atoms with Crippen LogP contribution in [0.15, 0.2) is 170 Å². The number of pyridine rings is 2. The molecule has 0 bridgehead atoms. The van der Waals surface area contributed by atoms with Gasteiger partial charge in [-0.05, 0) is 90.0 Å². The number of nitrogens with zero attached hydrogens (tertiary/aromatic N) is 6. The summed E-state index contributed by atoms with van der Waals surface area (Å²) in [5, 5.41) is 4.74. The molecule has 234 valence electrons. The molecule has 0 radical (unpaired) electrons. The van der Waals surface area contributed by atoms with E-state index in [0.29, 0.717) is 5.95 Å². The van der Waals surface area contributed by atoms with Gasteiger partial charge in [0.05, 0.1) is 44.8 Å². The normalized spacial score (nSPS) is 11.6. The van der Waals surface area contributed by atoms with Crippen LogP contribution < -0.4 is 0 Å². The quantitative estimate of drug-likeness (QED) is 0.188. The fourth-order valence-electron chi connectivity index (χ4n) is 7.20. The highest BCUT2D eigenvalue weighted by Gasteiger charge is 2.19. The first-order chi connectivity index (χ1) is 24.8. The van der Waals surface area contributed by atoms with E-state index in [2.05, 4.69) is 134 Å². The van der Waals surface area contributed by atoms with E-state index in [-0.39, 0.29) is 0 Å². The number of para-hydroxylation sites is 3. The summed E-state index contributed by atoms with van der Waals surface area (Å²) in [6, 6.07) is 54.9. The van der Waals surface area contributed by atoms with E-state index in [1.165, 1.54) is 21.8 Å². The molecular formula is C44H28N6. The summed E-state index contributed by atoms with van der Waals surface area (Å²) in [6.07, 6.45) is 3.58. The zero-order valence-electron chi connectivity index (χ0n) is 26.8. The monoisotopic (exact) mass is 640 g/mol. The maximum atomic E-state index is 5.10. The lowest BCUT2D eigenvalue weighted by Crippen LogP contribution is -2.04. The number of aromatic nitrogens is 6. The topological polar surface area (TPSA) is 61.4 Å². The lowest BCUT2D eigenvalue weighted by molar-refractivity contribution is 0.988. The molecule has 6 heteroatoms. The molecule has 0 amide bonds. The second-order valence-corrected chi connectivity index (χ2v) is 12.4. The maximum absolute atomic E-state index is 5.10. The number of rotatable bonds is 5. The van der Waals surface area contributed by atoms with Gasteiger partial charge in [-0.25, -0.2) is 9.97 Å². The van der Waals surface area contributed by atoms with Gasteiger partial charge in [-0.3, -0.25) is 14.5 Å². The predicted octanol–water partition coefficient (Wildman–Crippen LogP) is 10.5. The van der Waals surface area contributed by atoms with Crippen LogP contribution in [0.1, 0.15) is 0 Å². The largest absolute Gasteiger partial charge is 0.309 e. The molecule has 0 spiro atoms. The molecule has 0 saturated heterocycles. The summed E-state index contributed by atoms with van der Waals surface area (Å²) < 4.78 is 4.51. The van der Waals surface area contributed by atoms with Crippen molar-refractivity contribution in [3.05, 3.63) is 170 Å².